The number of hydrogen-bond acceptors (Lipinski definition) is 5. The Bertz CT molecular complexity index is 841. The van der Waals surface area contributed by atoms with Gasteiger partial charge in [0.15, 0.2) is 6.29 Å². The van der Waals surface area contributed by atoms with Gasteiger partial charge in [-0.25, -0.2) is 9.18 Å². The summed E-state index contributed by atoms with van der Waals surface area (Å²) in [4.78, 5) is 12.5. The van der Waals surface area contributed by atoms with Crippen LogP contribution in [0.5, 0.6) is 0 Å². The molecular formula is C25H31FO5. The zero-order valence-electron chi connectivity index (χ0n) is 18.4. The second-order valence-electron chi connectivity index (χ2n) is 7.72. The van der Waals surface area contributed by atoms with E-state index >= 15 is 0 Å². The average Bonchev–Trinajstić information content (AvgIpc) is 2.79. The molecule has 1 aliphatic heterocycles. The van der Waals surface area contributed by atoms with Gasteiger partial charge in [0, 0.05) is 5.56 Å². The lowest BCUT2D eigenvalue weighted by Crippen LogP contribution is -2.51. The minimum absolute atomic E-state index is 0.0886. The van der Waals surface area contributed by atoms with Crippen LogP contribution >= 0.6 is 0 Å². The normalized spacial score (nSPS) is 22.1. The molecule has 1 heterocycles. The Labute approximate surface area is 183 Å². The van der Waals surface area contributed by atoms with Gasteiger partial charge in [-0.3, -0.25) is 0 Å². The molecular weight excluding hydrogens is 399 g/mol. The molecule has 0 aliphatic carbocycles. The quantitative estimate of drug-likeness (QED) is 0.521. The Morgan fingerprint density at radius 2 is 1.87 bits per heavy atom. The van der Waals surface area contributed by atoms with Crippen LogP contribution in [0.25, 0.3) is 0 Å². The van der Waals surface area contributed by atoms with Gasteiger partial charge in [0.1, 0.15) is 24.1 Å². The molecule has 1 saturated heterocycles. The summed E-state index contributed by atoms with van der Waals surface area (Å²) >= 11 is 0. The predicted molar refractivity (Wildman–Crippen MR) is 115 cm³/mol. The van der Waals surface area contributed by atoms with E-state index in [-0.39, 0.29) is 25.3 Å². The molecule has 0 radical (unpaired) electrons. The Hall–Kier alpha value is -2.28. The number of benzene rings is 2. The standard InChI is InChI=1S/C25H31FO5/c1-4-10-22-29-16-21(28-15-20-14-9-13-18(5-2)23(20)26)24(31-22)17(3)30-25(27)19-11-7-6-8-12-19/h6-9,11-14,17,21-22,24H,4-5,10,15-16H2,1-3H3/t17?,21-,22+,24-/m1/s1. The molecule has 3 rings (SSSR count). The van der Waals surface area contributed by atoms with Crippen molar-refractivity contribution in [3.05, 3.63) is 71.0 Å². The predicted octanol–water partition coefficient (Wildman–Crippen LogP) is 5.06. The summed E-state index contributed by atoms with van der Waals surface area (Å²) in [7, 11) is 0. The van der Waals surface area contributed by atoms with Crippen LogP contribution in [0.2, 0.25) is 0 Å². The molecule has 0 bridgehead atoms. The molecule has 6 heteroatoms. The zero-order chi connectivity index (χ0) is 22.2. The van der Waals surface area contributed by atoms with E-state index in [0.717, 1.165) is 12.8 Å². The third-order valence-electron chi connectivity index (χ3n) is 5.40. The summed E-state index contributed by atoms with van der Waals surface area (Å²) in [5, 5.41) is 0. The van der Waals surface area contributed by atoms with Crippen molar-refractivity contribution < 1.29 is 28.1 Å². The second-order valence-corrected chi connectivity index (χ2v) is 7.72. The fourth-order valence-corrected chi connectivity index (χ4v) is 3.63. The van der Waals surface area contributed by atoms with Crippen molar-refractivity contribution in [1.82, 2.24) is 0 Å². The largest absolute Gasteiger partial charge is 0.456 e. The lowest BCUT2D eigenvalue weighted by Gasteiger charge is -2.38. The summed E-state index contributed by atoms with van der Waals surface area (Å²) in [5.74, 6) is -0.665. The van der Waals surface area contributed by atoms with E-state index < -0.39 is 24.3 Å². The van der Waals surface area contributed by atoms with E-state index in [1.807, 2.05) is 26.0 Å². The lowest BCUT2D eigenvalue weighted by molar-refractivity contribution is -0.280. The monoisotopic (exact) mass is 430 g/mol. The van der Waals surface area contributed by atoms with Crippen LogP contribution < -0.4 is 0 Å². The molecule has 4 atom stereocenters. The van der Waals surface area contributed by atoms with Gasteiger partial charge in [-0.15, -0.1) is 0 Å². The maximum absolute atomic E-state index is 14.6. The first kappa shape index (κ1) is 23.4. The fourth-order valence-electron chi connectivity index (χ4n) is 3.63. The number of hydrogen-bond donors (Lipinski definition) is 0. The maximum atomic E-state index is 14.6. The maximum Gasteiger partial charge on any atom is 0.338 e. The molecule has 1 fully saturated rings. The van der Waals surface area contributed by atoms with Gasteiger partial charge in [0.25, 0.3) is 0 Å². The molecule has 5 nitrogen and oxygen atoms in total. The highest BCUT2D eigenvalue weighted by Gasteiger charge is 2.38. The minimum atomic E-state index is -0.562. The minimum Gasteiger partial charge on any atom is -0.456 e. The first-order chi connectivity index (χ1) is 15.0. The summed E-state index contributed by atoms with van der Waals surface area (Å²) in [5.41, 5.74) is 1.62. The van der Waals surface area contributed by atoms with Crippen LogP contribution in [0.1, 0.15) is 55.1 Å². The van der Waals surface area contributed by atoms with Crippen LogP contribution in [0, 0.1) is 5.82 Å². The number of carbonyl (C=O) groups is 1. The zero-order valence-corrected chi connectivity index (χ0v) is 18.4. The first-order valence-electron chi connectivity index (χ1n) is 10.9. The van der Waals surface area contributed by atoms with Gasteiger partial charge >= 0.3 is 5.97 Å². The van der Waals surface area contributed by atoms with Crippen LogP contribution in [0.3, 0.4) is 0 Å². The molecule has 1 unspecified atom stereocenters. The van der Waals surface area contributed by atoms with Crippen molar-refractivity contribution in [1.29, 1.82) is 0 Å². The highest BCUT2D eigenvalue weighted by atomic mass is 19.1. The molecule has 2 aromatic carbocycles. The van der Waals surface area contributed by atoms with Crippen molar-refractivity contribution >= 4 is 5.97 Å². The molecule has 0 aromatic heterocycles. The third kappa shape index (κ3) is 6.12. The van der Waals surface area contributed by atoms with E-state index in [1.54, 1.807) is 43.3 Å². The SMILES string of the molecule is CCC[C@H]1OC[C@@H](OCc2cccc(CC)c2F)[C@@H](C(C)OC(=O)c2ccccc2)O1. The summed E-state index contributed by atoms with van der Waals surface area (Å²) in [6, 6.07) is 14.1. The van der Waals surface area contributed by atoms with Crippen molar-refractivity contribution in [2.24, 2.45) is 0 Å². The number of ether oxygens (including phenoxy) is 4. The van der Waals surface area contributed by atoms with Gasteiger partial charge in [-0.2, -0.15) is 0 Å². The third-order valence-corrected chi connectivity index (χ3v) is 5.40. The van der Waals surface area contributed by atoms with E-state index in [9.17, 15) is 9.18 Å². The van der Waals surface area contributed by atoms with Crippen molar-refractivity contribution in [2.45, 2.75) is 71.2 Å². The molecule has 0 saturated carbocycles. The summed E-state index contributed by atoms with van der Waals surface area (Å²) in [6.07, 6.45) is 0.294. The molecule has 31 heavy (non-hydrogen) atoms. The van der Waals surface area contributed by atoms with Crippen molar-refractivity contribution in [3.63, 3.8) is 0 Å². The van der Waals surface area contributed by atoms with E-state index in [2.05, 4.69) is 0 Å². The van der Waals surface area contributed by atoms with E-state index in [0.29, 0.717) is 23.1 Å². The van der Waals surface area contributed by atoms with Crippen LogP contribution in [0.4, 0.5) is 4.39 Å². The van der Waals surface area contributed by atoms with Crippen molar-refractivity contribution in [2.75, 3.05) is 6.61 Å². The lowest BCUT2D eigenvalue weighted by atomic mass is 10.1. The molecule has 1 aliphatic rings. The van der Waals surface area contributed by atoms with Crippen LogP contribution in [0.15, 0.2) is 48.5 Å². The molecule has 0 N–H and O–H groups in total. The topological polar surface area (TPSA) is 54.0 Å². The van der Waals surface area contributed by atoms with Gasteiger partial charge < -0.3 is 18.9 Å². The number of carbonyl (C=O) groups excluding carboxylic acids is 1. The van der Waals surface area contributed by atoms with E-state index in [4.69, 9.17) is 18.9 Å². The smallest absolute Gasteiger partial charge is 0.338 e. The number of esters is 1. The van der Waals surface area contributed by atoms with Crippen LogP contribution in [-0.2, 0) is 32.0 Å². The average molecular weight is 431 g/mol. The van der Waals surface area contributed by atoms with Crippen molar-refractivity contribution in [3.8, 4) is 0 Å². The molecule has 0 amide bonds. The highest BCUT2D eigenvalue weighted by molar-refractivity contribution is 5.89. The first-order valence-corrected chi connectivity index (χ1v) is 10.9. The Morgan fingerprint density at radius 1 is 1.13 bits per heavy atom. The second kappa shape index (κ2) is 11.4. The summed E-state index contributed by atoms with van der Waals surface area (Å²) < 4.78 is 38.1. The molecule has 0 spiro atoms. The Morgan fingerprint density at radius 3 is 2.58 bits per heavy atom. The number of rotatable bonds is 9. The summed E-state index contributed by atoms with van der Waals surface area (Å²) in [6.45, 7) is 6.13. The number of aryl methyl sites for hydroxylation is 1. The fraction of sp³-hybridized carbons (Fsp3) is 0.480. The molecule has 2 aromatic rings. The highest BCUT2D eigenvalue weighted by Crippen LogP contribution is 2.25. The Balaban J connectivity index is 1.69. The Kier molecular flexibility index (Phi) is 8.58. The van der Waals surface area contributed by atoms with Gasteiger partial charge in [-0.1, -0.05) is 56.7 Å². The number of halogens is 1. The van der Waals surface area contributed by atoms with Crippen LogP contribution in [-0.4, -0.2) is 37.2 Å². The van der Waals surface area contributed by atoms with Gasteiger partial charge in [0.2, 0.25) is 0 Å². The van der Waals surface area contributed by atoms with Gasteiger partial charge in [-0.05, 0) is 37.5 Å². The van der Waals surface area contributed by atoms with E-state index in [1.165, 1.54) is 0 Å². The molecule has 168 valence electrons. The van der Waals surface area contributed by atoms with Gasteiger partial charge in [0.05, 0.1) is 18.8 Å².